The summed E-state index contributed by atoms with van der Waals surface area (Å²) in [6, 6.07) is 1.98. The maximum atomic E-state index is 13.6. The predicted molar refractivity (Wildman–Crippen MR) is 69.1 cm³/mol. The highest BCUT2D eigenvalue weighted by molar-refractivity contribution is 5.88. The van der Waals surface area contributed by atoms with Crippen molar-refractivity contribution in [2.45, 2.75) is 13.8 Å². The number of hydrogen-bond donors (Lipinski definition) is 0. The molecule has 20 heavy (non-hydrogen) atoms. The molecule has 6 nitrogen and oxygen atoms in total. The fourth-order valence-corrected chi connectivity index (χ4v) is 1.41. The number of nitrogens with zero attached hydrogens (tertiary/aromatic N) is 1. The number of rotatable bonds is 6. The molecule has 0 aliphatic carbocycles. The Kier molecular flexibility index (Phi) is 5.19. The van der Waals surface area contributed by atoms with E-state index in [9.17, 15) is 19.3 Å². The monoisotopic (exact) mass is 283 g/mol. The molecule has 7 heteroatoms. The molecule has 0 unspecified atom stereocenters. The van der Waals surface area contributed by atoms with Crippen LogP contribution < -0.4 is 4.74 Å². The normalized spacial score (nSPS) is 9.95. The fourth-order valence-electron chi connectivity index (χ4n) is 1.41. The minimum absolute atomic E-state index is 0.0299. The van der Waals surface area contributed by atoms with Crippen LogP contribution in [-0.4, -0.2) is 24.1 Å². The topological polar surface area (TPSA) is 78.7 Å². The van der Waals surface area contributed by atoms with E-state index in [1.807, 2.05) is 0 Å². The average molecular weight is 283 g/mol. The number of nitro groups is 1. The Hall–Kier alpha value is -2.44. The molecule has 0 aliphatic rings. The molecule has 108 valence electrons. The summed E-state index contributed by atoms with van der Waals surface area (Å²) >= 11 is 0. The summed E-state index contributed by atoms with van der Waals surface area (Å²) in [4.78, 5) is 21.2. The summed E-state index contributed by atoms with van der Waals surface area (Å²) in [5.41, 5.74) is -0.0468. The standard InChI is InChI=1S/C13H14FNO5/c1-4-19-13(16)9(3)7-20-12-5-8(2)11(15(17)18)6-10(12)14/h5-6H,3-4,7H2,1-2H3. The van der Waals surface area contributed by atoms with Crippen LogP contribution >= 0.6 is 0 Å². The molecule has 0 heterocycles. The first-order valence-electron chi connectivity index (χ1n) is 5.79. The third kappa shape index (κ3) is 3.78. The quantitative estimate of drug-likeness (QED) is 0.347. The Morgan fingerprint density at radius 2 is 2.15 bits per heavy atom. The number of aryl methyl sites for hydroxylation is 1. The van der Waals surface area contributed by atoms with Crippen molar-refractivity contribution in [2.75, 3.05) is 13.2 Å². The van der Waals surface area contributed by atoms with Crippen molar-refractivity contribution in [3.05, 3.63) is 45.8 Å². The van der Waals surface area contributed by atoms with Crippen LogP contribution in [0.25, 0.3) is 0 Å². The summed E-state index contributed by atoms with van der Waals surface area (Å²) in [5, 5.41) is 10.6. The van der Waals surface area contributed by atoms with Gasteiger partial charge in [0.1, 0.15) is 6.61 Å². The van der Waals surface area contributed by atoms with Gasteiger partial charge >= 0.3 is 5.97 Å². The Morgan fingerprint density at radius 1 is 1.50 bits per heavy atom. The molecule has 0 fully saturated rings. The van der Waals surface area contributed by atoms with Gasteiger partial charge in [-0.15, -0.1) is 0 Å². The van der Waals surface area contributed by atoms with Crippen LogP contribution in [0.4, 0.5) is 10.1 Å². The second-order valence-corrected chi connectivity index (χ2v) is 3.94. The molecule has 0 amide bonds. The zero-order valence-electron chi connectivity index (χ0n) is 11.1. The van der Waals surface area contributed by atoms with Gasteiger partial charge in [-0.3, -0.25) is 10.1 Å². The number of ether oxygens (including phenoxy) is 2. The van der Waals surface area contributed by atoms with E-state index in [4.69, 9.17) is 9.47 Å². The van der Waals surface area contributed by atoms with Gasteiger partial charge in [-0.2, -0.15) is 0 Å². The van der Waals surface area contributed by atoms with E-state index in [-0.39, 0.29) is 35.8 Å². The molecule has 1 rings (SSSR count). The number of nitro benzene ring substituents is 1. The number of halogens is 1. The van der Waals surface area contributed by atoms with E-state index < -0.39 is 16.7 Å². The first kappa shape index (κ1) is 15.6. The van der Waals surface area contributed by atoms with Gasteiger partial charge < -0.3 is 9.47 Å². The highest BCUT2D eigenvalue weighted by Crippen LogP contribution is 2.27. The number of carbonyl (C=O) groups is 1. The van der Waals surface area contributed by atoms with Gasteiger partial charge in [-0.05, 0) is 19.9 Å². The number of hydrogen-bond acceptors (Lipinski definition) is 5. The predicted octanol–water partition coefficient (Wildman–Crippen LogP) is 2.54. The molecule has 0 saturated heterocycles. The van der Waals surface area contributed by atoms with E-state index in [1.165, 1.54) is 13.0 Å². The van der Waals surface area contributed by atoms with Crippen molar-refractivity contribution in [1.29, 1.82) is 0 Å². The summed E-state index contributed by atoms with van der Waals surface area (Å²) in [7, 11) is 0. The number of carbonyl (C=O) groups excluding carboxylic acids is 1. The molecule has 0 aliphatic heterocycles. The van der Waals surface area contributed by atoms with E-state index >= 15 is 0 Å². The van der Waals surface area contributed by atoms with Crippen molar-refractivity contribution in [2.24, 2.45) is 0 Å². The van der Waals surface area contributed by atoms with Gasteiger partial charge in [-0.25, -0.2) is 9.18 Å². The Morgan fingerprint density at radius 3 is 2.70 bits per heavy atom. The highest BCUT2D eigenvalue weighted by atomic mass is 19.1. The summed E-state index contributed by atoms with van der Waals surface area (Å²) in [6.07, 6.45) is 0. The lowest BCUT2D eigenvalue weighted by Crippen LogP contribution is -2.13. The fraction of sp³-hybridized carbons (Fsp3) is 0.308. The van der Waals surface area contributed by atoms with Gasteiger partial charge in [0.25, 0.3) is 5.69 Å². The highest BCUT2D eigenvalue weighted by Gasteiger charge is 2.17. The molecular formula is C13H14FNO5. The van der Waals surface area contributed by atoms with E-state index in [2.05, 4.69) is 6.58 Å². The van der Waals surface area contributed by atoms with Gasteiger partial charge in [-0.1, -0.05) is 6.58 Å². The summed E-state index contributed by atoms with van der Waals surface area (Å²) in [6.45, 7) is 6.50. The van der Waals surface area contributed by atoms with Crippen LogP contribution in [-0.2, 0) is 9.53 Å². The van der Waals surface area contributed by atoms with Crippen LogP contribution in [0.2, 0.25) is 0 Å². The zero-order chi connectivity index (χ0) is 15.3. The van der Waals surface area contributed by atoms with Crippen molar-refractivity contribution in [3.8, 4) is 5.75 Å². The first-order chi connectivity index (χ1) is 9.36. The molecular weight excluding hydrogens is 269 g/mol. The van der Waals surface area contributed by atoms with Crippen LogP contribution in [0.15, 0.2) is 24.3 Å². The number of esters is 1. The molecule has 0 aromatic heterocycles. The number of benzene rings is 1. The summed E-state index contributed by atoms with van der Waals surface area (Å²) < 4.78 is 23.4. The SMILES string of the molecule is C=C(COc1cc(C)c([N+](=O)[O-])cc1F)C(=O)OCC. The Balaban J connectivity index is 2.79. The first-order valence-corrected chi connectivity index (χ1v) is 5.79. The van der Waals surface area contributed by atoms with Crippen LogP contribution in [0, 0.1) is 22.9 Å². The van der Waals surface area contributed by atoms with Crippen LogP contribution in [0.1, 0.15) is 12.5 Å². The van der Waals surface area contributed by atoms with Crippen molar-refractivity contribution in [3.63, 3.8) is 0 Å². The second-order valence-electron chi connectivity index (χ2n) is 3.94. The molecule has 1 aromatic rings. The Bertz CT molecular complexity index is 556. The third-order valence-corrected chi connectivity index (χ3v) is 2.41. The molecule has 0 radical (unpaired) electrons. The minimum atomic E-state index is -0.876. The average Bonchev–Trinajstić information content (AvgIpc) is 2.38. The van der Waals surface area contributed by atoms with Gasteiger partial charge in [0, 0.05) is 5.56 Å². The second kappa shape index (κ2) is 6.65. The lowest BCUT2D eigenvalue weighted by atomic mass is 10.2. The third-order valence-electron chi connectivity index (χ3n) is 2.41. The van der Waals surface area contributed by atoms with Crippen LogP contribution in [0.3, 0.4) is 0 Å². The lowest BCUT2D eigenvalue weighted by molar-refractivity contribution is -0.385. The van der Waals surface area contributed by atoms with Crippen molar-refractivity contribution >= 4 is 11.7 Å². The maximum absolute atomic E-state index is 13.6. The minimum Gasteiger partial charge on any atom is -0.486 e. The van der Waals surface area contributed by atoms with Crippen molar-refractivity contribution < 1.29 is 23.6 Å². The van der Waals surface area contributed by atoms with E-state index in [0.717, 1.165) is 6.07 Å². The lowest BCUT2D eigenvalue weighted by Gasteiger charge is -2.09. The molecule has 0 bridgehead atoms. The van der Waals surface area contributed by atoms with Gasteiger partial charge in [0.05, 0.1) is 23.2 Å². The van der Waals surface area contributed by atoms with E-state index in [0.29, 0.717) is 0 Å². The largest absolute Gasteiger partial charge is 0.486 e. The zero-order valence-corrected chi connectivity index (χ0v) is 11.1. The molecule has 0 saturated carbocycles. The van der Waals surface area contributed by atoms with Crippen LogP contribution in [0.5, 0.6) is 5.75 Å². The van der Waals surface area contributed by atoms with Gasteiger partial charge in [0.2, 0.25) is 0 Å². The van der Waals surface area contributed by atoms with Gasteiger partial charge in [0.15, 0.2) is 11.6 Å². The molecule has 0 N–H and O–H groups in total. The molecule has 1 aromatic carbocycles. The smallest absolute Gasteiger partial charge is 0.336 e. The molecule has 0 spiro atoms. The maximum Gasteiger partial charge on any atom is 0.336 e. The molecule has 0 atom stereocenters. The van der Waals surface area contributed by atoms with Crippen molar-refractivity contribution in [1.82, 2.24) is 0 Å². The summed E-state index contributed by atoms with van der Waals surface area (Å²) in [5.74, 6) is -1.69. The Labute approximate surface area is 115 Å². The van der Waals surface area contributed by atoms with E-state index in [1.54, 1.807) is 6.92 Å².